The minimum absolute atomic E-state index is 0. The van der Waals surface area contributed by atoms with E-state index in [2.05, 4.69) is 10.2 Å². The van der Waals surface area contributed by atoms with Gasteiger partial charge in [0.25, 0.3) is 11.2 Å². The fourth-order valence-electron chi connectivity index (χ4n) is 2.78. The van der Waals surface area contributed by atoms with Gasteiger partial charge in [-0.25, -0.2) is 9.18 Å². The molecule has 0 aliphatic heterocycles. The van der Waals surface area contributed by atoms with E-state index in [1.54, 1.807) is 19.1 Å². The first-order valence-corrected chi connectivity index (χ1v) is 7.33. The molecule has 1 aromatic carbocycles. The number of hydrogen-bond acceptors (Lipinski definition) is 5. The van der Waals surface area contributed by atoms with E-state index in [0.717, 1.165) is 16.4 Å². The number of nitrogens with one attached hydrogen (secondary N) is 1. The molecule has 132 valence electrons. The normalized spacial score (nSPS) is 10.8. The molecule has 0 spiro atoms. The van der Waals surface area contributed by atoms with Gasteiger partial charge < -0.3 is 5.48 Å². The fraction of sp³-hybridized carbons (Fsp3) is 0.0625. The maximum atomic E-state index is 14.4. The van der Waals surface area contributed by atoms with Gasteiger partial charge in [-0.15, -0.1) is 4.52 Å². The highest BCUT2D eigenvalue weighted by molar-refractivity contribution is 5.87. The van der Waals surface area contributed by atoms with E-state index in [1.807, 2.05) is 0 Å². The Labute approximate surface area is 144 Å². The number of benzene rings is 1. The predicted molar refractivity (Wildman–Crippen MR) is 88.1 cm³/mol. The van der Waals surface area contributed by atoms with Crippen LogP contribution in [0.5, 0.6) is 0 Å². The predicted octanol–water partition coefficient (Wildman–Crippen LogP) is 1.63. The molecule has 9 nitrogen and oxygen atoms in total. The summed E-state index contributed by atoms with van der Waals surface area (Å²) in [6, 6.07) is 8.54. The van der Waals surface area contributed by atoms with Gasteiger partial charge in [0.2, 0.25) is 5.52 Å². The van der Waals surface area contributed by atoms with E-state index in [1.165, 1.54) is 28.9 Å². The fourth-order valence-corrected chi connectivity index (χ4v) is 2.78. The van der Waals surface area contributed by atoms with Crippen LogP contribution in [0.4, 0.5) is 10.1 Å². The lowest BCUT2D eigenvalue weighted by atomic mass is 10.1. The number of aromatic nitrogens is 4. The number of nitro groups is 1. The quantitative estimate of drug-likeness (QED) is 0.331. The third kappa shape index (κ3) is 2.40. The lowest BCUT2D eigenvalue weighted by molar-refractivity contribution is -0.557. The second-order valence-corrected chi connectivity index (χ2v) is 5.54. The van der Waals surface area contributed by atoms with Gasteiger partial charge in [0, 0.05) is 5.69 Å². The topological polar surface area (TPSA) is 128 Å². The van der Waals surface area contributed by atoms with Crippen LogP contribution in [0.2, 0.25) is 0 Å². The highest BCUT2D eigenvalue weighted by atomic mass is 19.1. The Morgan fingerprint density at radius 3 is 2.73 bits per heavy atom. The summed E-state index contributed by atoms with van der Waals surface area (Å²) >= 11 is 0. The van der Waals surface area contributed by atoms with Gasteiger partial charge in [-0.05, 0) is 31.2 Å². The summed E-state index contributed by atoms with van der Waals surface area (Å²) in [5.41, 5.74) is 0.227. The summed E-state index contributed by atoms with van der Waals surface area (Å²) in [5.74, 6) is -0.674. The third-order valence-electron chi connectivity index (χ3n) is 3.97. The van der Waals surface area contributed by atoms with Crippen LogP contribution in [-0.4, -0.2) is 25.3 Å². The van der Waals surface area contributed by atoms with Crippen LogP contribution in [-0.2, 0) is 0 Å². The van der Waals surface area contributed by atoms with Gasteiger partial charge in [-0.1, -0.05) is 16.0 Å². The zero-order valence-corrected chi connectivity index (χ0v) is 13.4. The largest absolute Gasteiger partial charge is 0.870 e. The van der Waals surface area contributed by atoms with Gasteiger partial charge in [0.15, 0.2) is 11.5 Å². The van der Waals surface area contributed by atoms with Crippen molar-refractivity contribution in [2.45, 2.75) is 6.92 Å². The zero-order chi connectivity index (χ0) is 17.7. The second kappa shape index (κ2) is 6.01. The number of rotatable bonds is 2. The monoisotopic (exact) mass is 357 g/mol. The molecule has 26 heavy (non-hydrogen) atoms. The zero-order valence-electron chi connectivity index (χ0n) is 13.4. The molecule has 0 saturated carbocycles. The molecule has 0 atom stereocenters. The molecule has 2 N–H and O–H groups in total. The van der Waals surface area contributed by atoms with Gasteiger partial charge in [0.05, 0.1) is 17.2 Å². The smallest absolute Gasteiger partial charge is 0.406 e. The molecule has 0 unspecified atom stereocenters. The molecule has 4 rings (SSSR count). The van der Waals surface area contributed by atoms with Crippen molar-refractivity contribution >= 4 is 22.1 Å². The summed E-state index contributed by atoms with van der Waals surface area (Å²) in [7, 11) is 0. The van der Waals surface area contributed by atoms with Crippen molar-refractivity contribution in [3.05, 3.63) is 74.6 Å². The SMILES string of the molecule is Cc1ccc(-n2[nH][n+]3c(cc([N+](=O)[O-])c4cccc(F)c43)c2=O)cn1.[OH-]. The number of pyridine rings is 2. The van der Waals surface area contributed by atoms with E-state index < -0.39 is 16.3 Å². The number of aromatic amines is 1. The van der Waals surface area contributed by atoms with Gasteiger partial charge >= 0.3 is 5.56 Å². The van der Waals surface area contributed by atoms with E-state index >= 15 is 0 Å². The van der Waals surface area contributed by atoms with Crippen LogP contribution in [0.15, 0.2) is 47.4 Å². The first-order chi connectivity index (χ1) is 12.0. The lowest BCUT2D eigenvalue weighted by Gasteiger charge is -1.99. The molecule has 4 aromatic rings. The number of hydrogen-bond donors (Lipinski definition) is 1. The standard InChI is InChI=1S/C16H10FN5O3.H2O/c1-9-5-6-10(8-18-9)20-16(23)14-7-13(22(24)25)11-3-2-4-12(17)15(11)21(14)19-20;/h2-8H,1H3;1H2. The van der Waals surface area contributed by atoms with Crippen LogP contribution in [0.25, 0.3) is 22.1 Å². The third-order valence-corrected chi connectivity index (χ3v) is 3.97. The number of H-pyrrole nitrogens is 1. The number of nitrogens with zero attached hydrogens (tertiary/aromatic N) is 4. The Hall–Kier alpha value is -3.66. The average molecular weight is 357 g/mol. The van der Waals surface area contributed by atoms with Crippen molar-refractivity contribution in [1.82, 2.24) is 14.9 Å². The molecule has 0 fully saturated rings. The molecule has 0 aliphatic carbocycles. The minimum atomic E-state index is -0.674. The Bertz CT molecular complexity index is 1210. The van der Waals surface area contributed by atoms with Crippen molar-refractivity contribution in [3.8, 4) is 5.69 Å². The lowest BCUT2D eigenvalue weighted by Crippen LogP contribution is -2.27. The second-order valence-electron chi connectivity index (χ2n) is 5.54. The van der Waals surface area contributed by atoms with Gasteiger partial charge in [-0.3, -0.25) is 15.1 Å². The first kappa shape index (κ1) is 17.2. The molecule has 0 radical (unpaired) electrons. The summed E-state index contributed by atoms with van der Waals surface area (Å²) in [6.07, 6.45) is 1.49. The molecule has 3 heterocycles. The summed E-state index contributed by atoms with van der Waals surface area (Å²) < 4.78 is 16.7. The van der Waals surface area contributed by atoms with Gasteiger partial charge in [0.1, 0.15) is 5.39 Å². The molecule has 0 amide bonds. The molecule has 0 bridgehead atoms. The van der Waals surface area contributed by atoms with Crippen molar-refractivity contribution in [3.63, 3.8) is 0 Å². The maximum absolute atomic E-state index is 14.4. The van der Waals surface area contributed by atoms with E-state index in [0.29, 0.717) is 5.69 Å². The van der Waals surface area contributed by atoms with E-state index in [-0.39, 0.29) is 27.6 Å². The van der Waals surface area contributed by atoms with Crippen molar-refractivity contribution in [2.24, 2.45) is 0 Å². The minimum Gasteiger partial charge on any atom is -0.870 e. The highest BCUT2D eigenvalue weighted by Gasteiger charge is 2.27. The van der Waals surface area contributed by atoms with Crippen LogP contribution in [0.1, 0.15) is 5.69 Å². The number of aryl methyl sites for hydroxylation is 1. The van der Waals surface area contributed by atoms with E-state index in [4.69, 9.17) is 0 Å². The summed E-state index contributed by atoms with van der Waals surface area (Å²) in [5, 5.41) is 14.2. The summed E-state index contributed by atoms with van der Waals surface area (Å²) in [6.45, 7) is 1.80. The molecular formula is C16H12FN5O4. The number of para-hydroxylation sites is 1. The molecule has 3 aromatic heterocycles. The van der Waals surface area contributed by atoms with Gasteiger partial charge in [-0.2, -0.15) is 0 Å². The Morgan fingerprint density at radius 2 is 2.08 bits per heavy atom. The highest BCUT2D eigenvalue weighted by Crippen LogP contribution is 2.25. The van der Waals surface area contributed by atoms with Crippen LogP contribution in [0.3, 0.4) is 0 Å². The molecule has 0 aliphatic rings. The average Bonchev–Trinajstić information content (AvgIpc) is 2.91. The Balaban J connectivity index is 0.00000196. The summed E-state index contributed by atoms with van der Waals surface area (Å²) in [4.78, 5) is 27.5. The van der Waals surface area contributed by atoms with Crippen LogP contribution >= 0.6 is 0 Å². The van der Waals surface area contributed by atoms with Crippen LogP contribution < -0.4 is 10.1 Å². The van der Waals surface area contributed by atoms with Crippen LogP contribution in [0, 0.1) is 22.9 Å². The molecular weight excluding hydrogens is 345 g/mol. The maximum Gasteiger partial charge on any atom is 0.406 e. The van der Waals surface area contributed by atoms with Crippen molar-refractivity contribution in [1.29, 1.82) is 0 Å². The number of halogens is 1. The Morgan fingerprint density at radius 1 is 1.31 bits per heavy atom. The Kier molecular flexibility index (Phi) is 3.97. The number of fused-ring (bicyclic) bond motifs is 3. The van der Waals surface area contributed by atoms with Crippen molar-refractivity contribution < 1.29 is 19.3 Å². The van der Waals surface area contributed by atoms with Crippen molar-refractivity contribution in [2.75, 3.05) is 0 Å². The first-order valence-electron chi connectivity index (χ1n) is 7.33. The molecule has 10 heteroatoms. The van der Waals surface area contributed by atoms with E-state index in [9.17, 15) is 19.3 Å². The molecule has 0 saturated heterocycles.